The van der Waals surface area contributed by atoms with E-state index in [-0.39, 0.29) is 6.04 Å². The van der Waals surface area contributed by atoms with Crippen LogP contribution in [0, 0.1) is 11.6 Å². The quantitative estimate of drug-likeness (QED) is 0.680. The van der Waals surface area contributed by atoms with E-state index in [0.29, 0.717) is 35.7 Å². The third-order valence-corrected chi connectivity index (χ3v) is 3.89. The zero-order valence-electron chi connectivity index (χ0n) is 11.5. The van der Waals surface area contributed by atoms with Gasteiger partial charge in [0.05, 0.1) is 11.4 Å². The molecule has 0 radical (unpaired) electrons. The Labute approximate surface area is 124 Å². The Kier molecular flexibility index (Phi) is 3.00. The van der Waals surface area contributed by atoms with Crippen molar-refractivity contribution in [2.45, 2.75) is 12.6 Å². The van der Waals surface area contributed by atoms with E-state index < -0.39 is 11.6 Å². The lowest BCUT2D eigenvalue weighted by molar-refractivity contribution is 0.515. The molecule has 3 aromatic rings. The van der Waals surface area contributed by atoms with Crippen molar-refractivity contribution in [3.8, 4) is 0 Å². The van der Waals surface area contributed by atoms with Gasteiger partial charge < -0.3 is 15.6 Å². The topological polar surface area (TPSA) is 65.6 Å². The minimum atomic E-state index is -0.570. The van der Waals surface area contributed by atoms with Gasteiger partial charge in [-0.1, -0.05) is 0 Å². The van der Waals surface area contributed by atoms with Gasteiger partial charge in [-0.2, -0.15) is 0 Å². The van der Waals surface area contributed by atoms with Crippen LogP contribution in [0.5, 0.6) is 0 Å². The molecule has 0 fully saturated rings. The van der Waals surface area contributed by atoms with Crippen LogP contribution in [0.4, 0.5) is 14.6 Å². The van der Waals surface area contributed by atoms with Crippen LogP contribution in [0.3, 0.4) is 0 Å². The normalized spacial score (nSPS) is 17.5. The van der Waals surface area contributed by atoms with Crippen molar-refractivity contribution in [2.75, 3.05) is 11.9 Å². The van der Waals surface area contributed by atoms with Gasteiger partial charge in [-0.05, 0) is 17.7 Å². The Hall–Kier alpha value is -2.54. The maximum atomic E-state index is 13.9. The molecule has 0 spiro atoms. The van der Waals surface area contributed by atoms with Crippen molar-refractivity contribution < 1.29 is 8.78 Å². The largest absolute Gasteiger partial charge is 0.361 e. The maximum Gasteiger partial charge on any atom is 0.142 e. The first-order valence-corrected chi connectivity index (χ1v) is 6.95. The number of benzene rings is 1. The summed E-state index contributed by atoms with van der Waals surface area (Å²) in [6.45, 7) is 0.953. The number of nitrogens with one attached hydrogen (secondary N) is 3. The molecule has 0 saturated carbocycles. The second kappa shape index (κ2) is 5.03. The van der Waals surface area contributed by atoms with Gasteiger partial charge in [0.2, 0.25) is 0 Å². The number of H-pyrrole nitrogens is 1. The summed E-state index contributed by atoms with van der Waals surface area (Å²) in [7, 11) is 0. The van der Waals surface area contributed by atoms with Crippen LogP contribution >= 0.6 is 0 Å². The number of aromatic nitrogens is 3. The monoisotopic (exact) mass is 301 g/mol. The molecule has 5 nitrogen and oxygen atoms in total. The molecule has 1 atom stereocenters. The number of hydrogen-bond acceptors (Lipinski definition) is 4. The number of anilines is 1. The van der Waals surface area contributed by atoms with E-state index >= 15 is 0 Å². The fourth-order valence-electron chi connectivity index (χ4n) is 2.85. The molecule has 0 bridgehead atoms. The number of rotatable bonds is 2. The summed E-state index contributed by atoms with van der Waals surface area (Å²) in [6.07, 6.45) is 3.22. The highest BCUT2D eigenvalue weighted by molar-refractivity contribution is 5.86. The van der Waals surface area contributed by atoms with E-state index in [1.54, 1.807) is 6.20 Å². The van der Waals surface area contributed by atoms with Gasteiger partial charge in [0, 0.05) is 30.9 Å². The van der Waals surface area contributed by atoms with E-state index in [9.17, 15) is 8.78 Å². The van der Waals surface area contributed by atoms with Crippen molar-refractivity contribution >= 4 is 16.9 Å². The summed E-state index contributed by atoms with van der Waals surface area (Å²) >= 11 is 0. The van der Waals surface area contributed by atoms with Crippen LogP contribution < -0.4 is 10.6 Å². The zero-order chi connectivity index (χ0) is 15.1. The highest BCUT2D eigenvalue weighted by Crippen LogP contribution is 2.29. The van der Waals surface area contributed by atoms with Crippen LogP contribution in [-0.2, 0) is 6.54 Å². The van der Waals surface area contributed by atoms with Crippen molar-refractivity contribution in [2.24, 2.45) is 0 Å². The molecule has 0 amide bonds. The average Bonchev–Trinajstić information content (AvgIpc) is 2.97. The molecule has 22 heavy (non-hydrogen) atoms. The van der Waals surface area contributed by atoms with Crippen LogP contribution in [0.25, 0.3) is 11.0 Å². The molecule has 112 valence electrons. The number of nitrogens with zero attached hydrogens (tertiary/aromatic N) is 2. The molecule has 0 aliphatic carbocycles. The molecule has 1 unspecified atom stereocenters. The maximum absolute atomic E-state index is 13.9. The molecular formula is C15H13F2N5. The Morgan fingerprint density at radius 3 is 3.05 bits per heavy atom. The van der Waals surface area contributed by atoms with Crippen molar-refractivity contribution in [3.05, 3.63) is 53.5 Å². The van der Waals surface area contributed by atoms with Crippen molar-refractivity contribution in [1.82, 2.24) is 20.3 Å². The highest BCUT2D eigenvalue weighted by Gasteiger charge is 2.24. The van der Waals surface area contributed by atoms with Crippen LogP contribution in [0.2, 0.25) is 0 Å². The number of hydrogen-bond donors (Lipinski definition) is 3. The standard InChI is InChI=1S/C15H13F2N5/c16-8-3-10-11(12(17)4-8)5-18-6-13(10)22-15-9-1-2-19-14(9)20-7-21-15/h1-4,7,13,18H,5-6H2,(H2,19,20,21,22). The Morgan fingerprint density at radius 2 is 2.14 bits per heavy atom. The first kappa shape index (κ1) is 13.1. The minimum Gasteiger partial charge on any atom is -0.361 e. The first-order valence-electron chi connectivity index (χ1n) is 6.95. The molecule has 7 heteroatoms. The van der Waals surface area contributed by atoms with Crippen LogP contribution in [-0.4, -0.2) is 21.5 Å². The summed E-state index contributed by atoms with van der Waals surface area (Å²) in [4.78, 5) is 11.4. The second-order valence-corrected chi connectivity index (χ2v) is 5.25. The molecule has 3 heterocycles. The average molecular weight is 301 g/mol. The van der Waals surface area contributed by atoms with Crippen LogP contribution in [0.15, 0.2) is 30.7 Å². The van der Waals surface area contributed by atoms with Gasteiger partial charge in [-0.3, -0.25) is 0 Å². The summed E-state index contributed by atoms with van der Waals surface area (Å²) < 4.78 is 27.5. The van der Waals surface area contributed by atoms with Crippen molar-refractivity contribution in [1.29, 1.82) is 0 Å². The Balaban J connectivity index is 1.75. The molecule has 1 aromatic carbocycles. The molecule has 4 rings (SSSR count). The number of halogens is 2. The van der Waals surface area contributed by atoms with Crippen molar-refractivity contribution in [3.63, 3.8) is 0 Å². The molecular weight excluding hydrogens is 288 g/mol. The fourth-order valence-corrected chi connectivity index (χ4v) is 2.85. The summed E-state index contributed by atoms with van der Waals surface area (Å²) in [6, 6.07) is 3.90. The SMILES string of the molecule is Fc1cc(F)c2c(c1)C(Nc1ncnc3[nH]ccc13)CNC2. The van der Waals surface area contributed by atoms with E-state index in [1.807, 2.05) is 6.07 Å². The van der Waals surface area contributed by atoms with Gasteiger partial charge in [0.1, 0.15) is 29.4 Å². The van der Waals surface area contributed by atoms with Gasteiger partial charge >= 0.3 is 0 Å². The summed E-state index contributed by atoms with van der Waals surface area (Å²) in [5.41, 5.74) is 1.83. The van der Waals surface area contributed by atoms with Gasteiger partial charge in [-0.15, -0.1) is 0 Å². The third-order valence-electron chi connectivity index (χ3n) is 3.89. The predicted molar refractivity (Wildman–Crippen MR) is 78.3 cm³/mol. The Bertz CT molecular complexity index is 845. The molecule has 0 saturated heterocycles. The Morgan fingerprint density at radius 1 is 1.23 bits per heavy atom. The first-order chi connectivity index (χ1) is 10.7. The summed E-state index contributed by atoms with van der Waals surface area (Å²) in [5.74, 6) is -0.460. The minimum absolute atomic E-state index is 0.262. The highest BCUT2D eigenvalue weighted by atomic mass is 19.1. The fraction of sp³-hybridized carbons (Fsp3) is 0.200. The molecule has 1 aliphatic heterocycles. The lowest BCUT2D eigenvalue weighted by Crippen LogP contribution is -2.33. The number of aromatic amines is 1. The third kappa shape index (κ3) is 2.10. The van der Waals surface area contributed by atoms with Gasteiger partial charge in [0.15, 0.2) is 0 Å². The zero-order valence-corrected chi connectivity index (χ0v) is 11.5. The van der Waals surface area contributed by atoms with E-state index in [2.05, 4.69) is 25.6 Å². The van der Waals surface area contributed by atoms with Gasteiger partial charge in [-0.25, -0.2) is 18.7 Å². The molecule has 1 aliphatic rings. The lowest BCUT2D eigenvalue weighted by Gasteiger charge is -2.28. The molecule has 2 aromatic heterocycles. The van der Waals surface area contributed by atoms with Crippen LogP contribution in [0.1, 0.15) is 17.2 Å². The molecule has 3 N–H and O–H groups in total. The van der Waals surface area contributed by atoms with E-state index in [4.69, 9.17) is 0 Å². The van der Waals surface area contributed by atoms with E-state index in [1.165, 1.54) is 12.4 Å². The van der Waals surface area contributed by atoms with Gasteiger partial charge in [0.25, 0.3) is 0 Å². The summed E-state index contributed by atoms with van der Waals surface area (Å²) in [5, 5.41) is 7.23. The second-order valence-electron chi connectivity index (χ2n) is 5.25. The number of fused-ring (bicyclic) bond motifs is 2. The van der Waals surface area contributed by atoms with E-state index in [0.717, 1.165) is 11.5 Å². The predicted octanol–water partition coefficient (Wildman–Crippen LogP) is 2.49. The lowest BCUT2D eigenvalue weighted by atomic mass is 9.96. The smallest absolute Gasteiger partial charge is 0.142 e.